The maximum atomic E-state index is 8.74. The van der Waals surface area contributed by atoms with Crippen molar-refractivity contribution in [1.29, 1.82) is 0 Å². The van der Waals surface area contributed by atoms with Crippen molar-refractivity contribution >= 4 is 7.48 Å². The number of rotatable bonds is 4. The molecule has 0 spiro atoms. The molecule has 0 aromatic rings. The molecule has 2 nitrogen and oxygen atoms in total. The van der Waals surface area contributed by atoms with Crippen LogP contribution in [0, 0.1) is 5.41 Å². The SMILES string of the molecule is CBOCC(C)(C)CO. The van der Waals surface area contributed by atoms with Gasteiger partial charge >= 0.3 is 0 Å². The van der Waals surface area contributed by atoms with Crippen molar-refractivity contribution in [2.75, 3.05) is 13.2 Å². The fraction of sp³-hybridized carbons (Fsp3) is 1.00. The summed E-state index contributed by atoms with van der Waals surface area (Å²) in [5.41, 5.74) is -0.0734. The van der Waals surface area contributed by atoms with Gasteiger partial charge in [-0.15, -0.1) is 0 Å². The van der Waals surface area contributed by atoms with Crippen molar-refractivity contribution in [3.8, 4) is 0 Å². The van der Waals surface area contributed by atoms with Crippen LogP contribution in [0.5, 0.6) is 0 Å². The third-order valence-electron chi connectivity index (χ3n) is 1.12. The summed E-state index contributed by atoms with van der Waals surface area (Å²) in [6, 6.07) is 0. The van der Waals surface area contributed by atoms with Crippen LogP contribution >= 0.6 is 0 Å². The van der Waals surface area contributed by atoms with Crippen LogP contribution in [0.2, 0.25) is 6.82 Å². The lowest BCUT2D eigenvalue weighted by atomic mass is 9.95. The summed E-state index contributed by atoms with van der Waals surface area (Å²) in [5.74, 6) is 0. The van der Waals surface area contributed by atoms with Crippen LogP contribution in [0.25, 0.3) is 0 Å². The van der Waals surface area contributed by atoms with Gasteiger partial charge in [-0.3, -0.25) is 0 Å². The average Bonchev–Trinajstić information content (AvgIpc) is 1.84. The fourth-order valence-corrected chi connectivity index (χ4v) is 0.424. The summed E-state index contributed by atoms with van der Waals surface area (Å²) in [4.78, 5) is 0. The summed E-state index contributed by atoms with van der Waals surface area (Å²) in [6.07, 6.45) is 0. The molecule has 0 bridgehead atoms. The van der Waals surface area contributed by atoms with E-state index >= 15 is 0 Å². The van der Waals surface area contributed by atoms with Crippen molar-refractivity contribution in [3.63, 3.8) is 0 Å². The lowest BCUT2D eigenvalue weighted by Crippen LogP contribution is -2.23. The molecular weight excluding hydrogens is 115 g/mol. The molecule has 0 aliphatic carbocycles. The van der Waals surface area contributed by atoms with E-state index in [-0.39, 0.29) is 12.0 Å². The molecule has 0 aromatic heterocycles. The summed E-state index contributed by atoms with van der Waals surface area (Å²) < 4.78 is 5.13. The molecule has 0 heterocycles. The second kappa shape index (κ2) is 3.91. The van der Waals surface area contributed by atoms with Crippen LogP contribution in [0.1, 0.15) is 13.8 Å². The molecule has 0 fully saturated rings. The highest BCUT2D eigenvalue weighted by Crippen LogP contribution is 2.12. The summed E-state index contributed by atoms with van der Waals surface area (Å²) in [6.45, 7) is 6.73. The van der Waals surface area contributed by atoms with E-state index in [1.165, 1.54) is 0 Å². The minimum Gasteiger partial charge on any atom is -0.439 e. The Morgan fingerprint density at radius 1 is 1.56 bits per heavy atom. The average molecular weight is 130 g/mol. The first-order valence-electron chi connectivity index (χ1n) is 3.31. The van der Waals surface area contributed by atoms with Gasteiger partial charge in [-0.25, -0.2) is 0 Å². The first kappa shape index (κ1) is 8.98. The third kappa shape index (κ3) is 4.49. The molecule has 0 unspecified atom stereocenters. The molecule has 0 aromatic carbocycles. The Bertz CT molecular complexity index is 73.5. The van der Waals surface area contributed by atoms with Gasteiger partial charge in [-0.2, -0.15) is 0 Å². The van der Waals surface area contributed by atoms with Gasteiger partial charge in [0.2, 0.25) is 0 Å². The lowest BCUT2D eigenvalue weighted by Gasteiger charge is -2.20. The Kier molecular flexibility index (Phi) is 3.90. The zero-order valence-corrected chi connectivity index (χ0v) is 6.48. The molecular formula is C6H15BO2. The molecule has 0 aliphatic rings. The van der Waals surface area contributed by atoms with E-state index in [0.717, 1.165) is 7.48 Å². The van der Waals surface area contributed by atoms with Crippen LogP contribution in [-0.4, -0.2) is 25.8 Å². The minimum absolute atomic E-state index is 0.0734. The molecule has 1 N–H and O–H groups in total. The van der Waals surface area contributed by atoms with E-state index in [1.54, 1.807) is 0 Å². The predicted octanol–water partition coefficient (Wildman–Crippen LogP) is 0.421. The van der Waals surface area contributed by atoms with Gasteiger partial charge in [0.25, 0.3) is 7.48 Å². The van der Waals surface area contributed by atoms with E-state index in [4.69, 9.17) is 9.76 Å². The van der Waals surface area contributed by atoms with Gasteiger partial charge in [-0.1, -0.05) is 20.7 Å². The van der Waals surface area contributed by atoms with Gasteiger partial charge in [0.05, 0.1) is 6.61 Å². The van der Waals surface area contributed by atoms with E-state index in [1.807, 2.05) is 20.7 Å². The summed E-state index contributed by atoms with van der Waals surface area (Å²) in [7, 11) is 0.726. The van der Waals surface area contributed by atoms with Crippen molar-refractivity contribution < 1.29 is 9.76 Å². The molecule has 0 aliphatic heterocycles. The van der Waals surface area contributed by atoms with Crippen LogP contribution < -0.4 is 0 Å². The second-order valence-electron chi connectivity index (χ2n) is 2.96. The Morgan fingerprint density at radius 3 is 2.44 bits per heavy atom. The maximum absolute atomic E-state index is 8.74. The van der Waals surface area contributed by atoms with Gasteiger partial charge < -0.3 is 9.76 Å². The molecule has 0 atom stereocenters. The van der Waals surface area contributed by atoms with Crippen molar-refractivity contribution in [2.45, 2.75) is 20.7 Å². The Hall–Kier alpha value is -0.0151. The topological polar surface area (TPSA) is 29.5 Å². The number of hydrogen-bond donors (Lipinski definition) is 1. The zero-order chi connectivity index (χ0) is 7.33. The van der Waals surface area contributed by atoms with E-state index in [9.17, 15) is 0 Å². The Labute approximate surface area is 57.5 Å². The second-order valence-corrected chi connectivity index (χ2v) is 2.96. The highest BCUT2D eigenvalue weighted by Gasteiger charge is 2.15. The number of hydrogen-bond acceptors (Lipinski definition) is 2. The molecule has 0 amide bonds. The number of aliphatic hydroxyl groups excluding tert-OH is 1. The maximum Gasteiger partial charge on any atom is 0.271 e. The number of aliphatic hydroxyl groups is 1. The van der Waals surface area contributed by atoms with Gasteiger partial charge in [0.1, 0.15) is 0 Å². The van der Waals surface area contributed by atoms with Crippen molar-refractivity contribution in [3.05, 3.63) is 0 Å². The molecule has 0 saturated carbocycles. The van der Waals surface area contributed by atoms with Crippen LogP contribution in [0.4, 0.5) is 0 Å². The molecule has 9 heavy (non-hydrogen) atoms. The predicted molar refractivity (Wildman–Crippen MR) is 39.8 cm³/mol. The molecule has 0 radical (unpaired) electrons. The molecule has 3 heteroatoms. The normalized spacial score (nSPS) is 11.6. The first-order chi connectivity index (χ1) is 4.12. The van der Waals surface area contributed by atoms with Gasteiger partial charge in [0.15, 0.2) is 0 Å². The highest BCUT2D eigenvalue weighted by molar-refractivity contribution is 6.24. The highest BCUT2D eigenvalue weighted by atomic mass is 16.4. The summed E-state index contributed by atoms with van der Waals surface area (Å²) >= 11 is 0. The van der Waals surface area contributed by atoms with E-state index < -0.39 is 0 Å². The van der Waals surface area contributed by atoms with Crippen LogP contribution in [0.3, 0.4) is 0 Å². The minimum atomic E-state index is -0.0734. The lowest BCUT2D eigenvalue weighted by molar-refractivity contribution is 0.100. The van der Waals surface area contributed by atoms with Gasteiger partial charge in [0, 0.05) is 12.0 Å². The quantitative estimate of drug-likeness (QED) is 0.559. The third-order valence-corrected chi connectivity index (χ3v) is 1.12. The monoisotopic (exact) mass is 130 g/mol. The molecule has 54 valence electrons. The Morgan fingerprint density at radius 2 is 2.11 bits per heavy atom. The zero-order valence-electron chi connectivity index (χ0n) is 6.48. The van der Waals surface area contributed by atoms with Crippen molar-refractivity contribution in [1.82, 2.24) is 0 Å². The van der Waals surface area contributed by atoms with Crippen LogP contribution in [-0.2, 0) is 4.65 Å². The van der Waals surface area contributed by atoms with Crippen molar-refractivity contribution in [2.24, 2.45) is 5.41 Å². The molecule has 0 saturated heterocycles. The van der Waals surface area contributed by atoms with E-state index in [0.29, 0.717) is 6.61 Å². The standard InChI is InChI=1S/C6H15BO2/c1-6(2,4-8)5-9-7-3/h7-8H,4-5H2,1-3H3. The smallest absolute Gasteiger partial charge is 0.271 e. The largest absolute Gasteiger partial charge is 0.439 e. The fourth-order valence-electron chi connectivity index (χ4n) is 0.424. The van der Waals surface area contributed by atoms with Crippen LogP contribution in [0.15, 0.2) is 0 Å². The first-order valence-corrected chi connectivity index (χ1v) is 3.31. The molecule has 0 rings (SSSR count). The van der Waals surface area contributed by atoms with Gasteiger partial charge in [-0.05, 0) is 0 Å². The Balaban J connectivity index is 3.33. The summed E-state index contributed by atoms with van der Waals surface area (Å²) in [5, 5.41) is 8.74. The van der Waals surface area contributed by atoms with E-state index in [2.05, 4.69) is 0 Å².